The van der Waals surface area contributed by atoms with Crippen molar-refractivity contribution in [1.29, 1.82) is 0 Å². The first kappa shape index (κ1) is 17.5. The summed E-state index contributed by atoms with van der Waals surface area (Å²) in [4.78, 5) is 10.4. The van der Waals surface area contributed by atoms with E-state index in [1.165, 1.54) is 26.4 Å². The zero-order valence-corrected chi connectivity index (χ0v) is 13.5. The zero-order valence-electron chi connectivity index (χ0n) is 12.7. The fourth-order valence-electron chi connectivity index (χ4n) is 1.93. The molecule has 0 aromatic heterocycles. The van der Waals surface area contributed by atoms with E-state index < -0.39 is 32.3 Å². The summed E-state index contributed by atoms with van der Waals surface area (Å²) in [5, 5.41) is 10.8. The zero-order chi connectivity index (χ0) is 17.9. The molecule has 0 amide bonds. The number of carboxylic acids is 1. The standard InChI is InChI=1S/C15H14FNO6S/c1-22-9-3-6-14(23-2)13(7-9)17-24(20,21)10-4-5-12(16)11(8-10)15(18)19/h3-8,17H,1-2H3,(H,18,19)/p-1. The van der Waals surface area contributed by atoms with Gasteiger partial charge < -0.3 is 19.4 Å². The number of aromatic carboxylic acids is 1. The fraction of sp³-hybridized carbons (Fsp3) is 0.133. The van der Waals surface area contributed by atoms with Gasteiger partial charge in [0, 0.05) is 11.6 Å². The van der Waals surface area contributed by atoms with Crippen LogP contribution in [0, 0.1) is 5.82 Å². The first-order chi connectivity index (χ1) is 11.3. The third-order valence-corrected chi connectivity index (χ3v) is 4.48. The third-order valence-electron chi connectivity index (χ3n) is 3.12. The number of methoxy groups -OCH3 is 2. The van der Waals surface area contributed by atoms with Crippen LogP contribution in [0.25, 0.3) is 0 Å². The van der Waals surface area contributed by atoms with Gasteiger partial charge in [-0.25, -0.2) is 12.8 Å². The number of hydrogen-bond donors (Lipinski definition) is 1. The van der Waals surface area contributed by atoms with Crippen molar-refractivity contribution >= 4 is 21.7 Å². The van der Waals surface area contributed by atoms with E-state index >= 15 is 0 Å². The summed E-state index contributed by atoms with van der Waals surface area (Å²) in [6.07, 6.45) is 0. The van der Waals surface area contributed by atoms with E-state index in [0.717, 1.165) is 12.1 Å². The predicted molar refractivity (Wildman–Crippen MR) is 81.1 cm³/mol. The molecule has 2 rings (SSSR count). The molecular formula is C15H13FNO6S-. The highest BCUT2D eigenvalue weighted by atomic mass is 32.2. The number of nitrogens with one attached hydrogen (secondary N) is 1. The molecule has 0 fully saturated rings. The number of ether oxygens (including phenoxy) is 2. The molecule has 2 aromatic carbocycles. The van der Waals surface area contributed by atoms with E-state index in [2.05, 4.69) is 4.72 Å². The Bertz CT molecular complexity index is 882. The number of carbonyl (C=O) groups excluding carboxylic acids is 1. The minimum atomic E-state index is -4.19. The van der Waals surface area contributed by atoms with Gasteiger partial charge in [0.25, 0.3) is 10.0 Å². The van der Waals surface area contributed by atoms with E-state index in [-0.39, 0.29) is 11.4 Å². The second-order valence-electron chi connectivity index (χ2n) is 4.60. The van der Waals surface area contributed by atoms with Crippen molar-refractivity contribution in [3.63, 3.8) is 0 Å². The first-order valence-corrected chi connectivity index (χ1v) is 8.02. The number of benzene rings is 2. The maximum atomic E-state index is 13.4. The van der Waals surface area contributed by atoms with Gasteiger partial charge in [-0.05, 0) is 30.3 Å². The smallest absolute Gasteiger partial charge is 0.262 e. The molecule has 24 heavy (non-hydrogen) atoms. The van der Waals surface area contributed by atoms with Crippen molar-refractivity contribution in [2.75, 3.05) is 18.9 Å². The van der Waals surface area contributed by atoms with Crippen molar-refractivity contribution < 1.29 is 32.2 Å². The molecule has 0 unspecified atom stereocenters. The van der Waals surface area contributed by atoms with Crippen LogP contribution in [0.4, 0.5) is 10.1 Å². The van der Waals surface area contributed by atoms with Crippen molar-refractivity contribution in [3.8, 4) is 11.5 Å². The first-order valence-electron chi connectivity index (χ1n) is 6.54. The van der Waals surface area contributed by atoms with E-state index in [0.29, 0.717) is 11.8 Å². The highest BCUT2D eigenvalue weighted by Crippen LogP contribution is 2.31. The quantitative estimate of drug-likeness (QED) is 0.830. The molecule has 0 heterocycles. The van der Waals surface area contributed by atoms with Crippen molar-refractivity contribution in [2.24, 2.45) is 0 Å². The summed E-state index contributed by atoms with van der Waals surface area (Å²) in [6.45, 7) is 0. The largest absolute Gasteiger partial charge is 0.545 e. The molecule has 7 nitrogen and oxygen atoms in total. The fourth-order valence-corrected chi connectivity index (χ4v) is 3.01. The lowest BCUT2D eigenvalue weighted by Gasteiger charge is -2.14. The van der Waals surface area contributed by atoms with Crippen LogP contribution in [-0.4, -0.2) is 28.6 Å². The van der Waals surface area contributed by atoms with Gasteiger partial charge in [0.05, 0.1) is 30.8 Å². The van der Waals surface area contributed by atoms with Gasteiger partial charge in [0.15, 0.2) is 0 Å². The molecule has 0 aliphatic carbocycles. The lowest BCUT2D eigenvalue weighted by atomic mass is 10.2. The van der Waals surface area contributed by atoms with E-state index in [1.807, 2.05) is 0 Å². The molecule has 128 valence electrons. The van der Waals surface area contributed by atoms with Crippen LogP contribution < -0.4 is 19.3 Å². The maximum absolute atomic E-state index is 13.4. The Morgan fingerprint density at radius 1 is 1.12 bits per heavy atom. The highest BCUT2D eigenvalue weighted by molar-refractivity contribution is 7.92. The van der Waals surface area contributed by atoms with Crippen LogP contribution in [0.3, 0.4) is 0 Å². The Morgan fingerprint density at radius 3 is 2.42 bits per heavy atom. The minimum Gasteiger partial charge on any atom is -0.545 e. The number of sulfonamides is 1. The molecule has 0 bridgehead atoms. The van der Waals surface area contributed by atoms with Crippen LogP contribution in [-0.2, 0) is 10.0 Å². The van der Waals surface area contributed by atoms with Crippen molar-refractivity contribution in [1.82, 2.24) is 0 Å². The number of carboxylic acid groups (broad SMARTS) is 1. The summed E-state index contributed by atoms with van der Waals surface area (Å²) in [5.74, 6) is -2.30. The SMILES string of the molecule is COc1ccc(OC)c(NS(=O)(=O)c2ccc(F)c(C(=O)[O-])c2)c1. The second-order valence-corrected chi connectivity index (χ2v) is 6.28. The number of rotatable bonds is 6. The topological polar surface area (TPSA) is 105 Å². The van der Waals surface area contributed by atoms with Gasteiger partial charge in [-0.15, -0.1) is 0 Å². The summed E-state index contributed by atoms with van der Waals surface area (Å²) in [5.41, 5.74) is -0.772. The lowest BCUT2D eigenvalue weighted by Crippen LogP contribution is -2.24. The van der Waals surface area contributed by atoms with E-state index in [1.54, 1.807) is 6.07 Å². The molecule has 2 aromatic rings. The van der Waals surface area contributed by atoms with Gasteiger partial charge in [-0.2, -0.15) is 0 Å². The highest BCUT2D eigenvalue weighted by Gasteiger charge is 2.19. The molecule has 0 aliphatic heterocycles. The van der Waals surface area contributed by atoms with Gasteiger partial charge in [0.1, 0.15) is 17.3 Å². The molecule has 0 saturated heterocycles. The van der Waals surface area contributed by atoms with Crippen molar-refractivity contribution in [2.45, 2.75) is 4.90 Å². The van der Waals surface area contributed by atoms with Gasteiger partial charge >= 0.3 is 0 Å². The average molecular weight is 354 g/mol. The maximum Gasteiger partial charge on any atom is 0.262 e. The molecule has 9 heteroatoms. The normalized spacial score (nSPS) is 11.0. The Hall–Kier alpha value is -2.81. The number of carbonyl (C=O) groups is 1. The van der Waals surface area contributed by atoms with Crippen LogP contribution >= 0.6 is 0 Å². The number of anilines is 1. The van der Waals surface area contributed by atoms with Crippen molar-refractivity contribution in [3.05, 3.63) is 47.8 Å². The Labute approximate surface area is 137 Å². The molecular weight excluding hydrogens is 341 g/mol. The minimum absolute atomic E-state index is 0.0798. The molecule has 1 N–H and O–H groups in total. The van der Waals surface area contributed by atoms with Gasteiger partial charge in [0.2, 0.25) is 0 Å². The molecule has 0 atom stereocenters. The Morgan fingerprint density at radius 2 is 1.83 bits per heavy atom. The third kappa shape index (κ3) is 3.57. The van der Waals surface area contributed by atoms with E-state index in [9.17, 15) is 22.7 Å². The second kappa shape index (κ2) is 6.75. The molecule has 0 aliphatic rings. The van der Waals surface area contributed by atoms with Gasteiger partial charge in [-0.3, -0.25) is 4.72 Å². The monoisotopic (exact) mass is 354 g/mol. The molecule has 0 spiro atoms. The lowest BCUT2D eigenvalue weighted by molar-refractivity contribution is -0.255. The summed E-state index contributed by atoms with van der Waals surface area (Å²) < 4.78 is 50.5. The summed E-state index contributed by atoms with van der Waals surface area (Å²) in [6, 6.07) is 6.81. The van der Waals surface area contributed by atoms with Crippen LogP contribution in [0.1, 0.15) is 10.4 Å². The average Bonchev–Trinajstić information content (AvgIpc) is 2.54. The predicted octanol–water partition coefficient (Wildman–Crippen LogP) is 1.01. The number of hydrogen-bond acceptors (Lipinski definition) is 6. The Kier molecular flexibility index (Phi) is 4.93. The van der Waals surface area contributed by atoms with Crippen LogP contribution in [0.2, 0.25) is 0 Å². The summed E-state index contributed by atoms with van der Waals surface area (Å²) >= 11 is 0. The van der Waals surface area contributed by atoms with E-state index in [4.69, 9.17) is 9.47 Å². The summed E-state index contributed by atoms with van der Waals surface area (Å²) in [7, 11) is -1.43. The number of halogens is 1. The molecule has 0 radical (unpaired) electrons. The van der Waals surface area contributed by atoms with Gasteiger partial charge in [-0.1, -0.05) is 0 Å². The Balaban J connectivity index is 2.46. The molecule has 0 saturated carbocycles. The van der Waals surface area contributed by atoms with Crippen LogP contribution in [0.5, 0.6) is 11.5 Å². The van der Waals surface area contributed by atoms with Crippen LogP contribution in [0.15, 0.2) is 41.3 Å².